The Kier molecular flexibility index (Phi) is 5.58. The molecule has 0 bridgehead atoms. The van der Waals surface area contributed by atoms with Crippen molar-refractivity contribution in [2.45, 2.75) is 20.0 Å². The number of amides is 2. The SMILES string of the molecule is Cc1ccc(CN(Cc2ccc(F)cc2)C(=O)Nc2cccc(Cl)c2)o1. The van der Waals surface area contributed by atoms with Gasteiger partial charge in [-0.25, -0.2) is 9.18 Å². The lowest BCUT2D eigenvalue weighted by molar-refractivity contribution is 0.201. The minimum Gasteiger partial charge on any atom is -0.464 e. The molecule has 2 aromatic carbocycles. The predicted molar refractivity (Wildman–Crippen MR) is 99.6 cm³/mol. The lowest BCUT2D eigenvalue weighted by Crippen LogP contribution is -2.34. The molecular weight excluding hydrogens is 355 g/mol. The number of halogens is 2. The first-order valence-electron chi connectivity index (χ1n) is 8.11. The zero-order valence-corrected chi connectivity index (χ0v) is 15.0. The topological polar surface area (TPSA) is 45.5 Å². The summed E-state index contributed by atoms with van der Waals surface area (Å²) in [4.78, 5) is 14.4. The maximum atomic E-state index is 13.1. The van der Waals surface area contributed by atoms with E-state index in [4.69, 9.17) is 16.0 Å². The Morgan fingerprint density at radius 3 is 2.54 bits per heavy atom. The molecular formula is C20H18ClFN2O2. The number of benzene rings is 2. The van der Waals surface area contributed by atoms with Gasteiger partial charge < -0.3 is 14.6 Å². The molecule has 2 amide bonds. The van der Waals surface area contributed by atoms with E-state index in [2.05, 4.69) is 5.32 Å². The molecule has 0 saturated heterocycles. The number of hydrogen-bond donors (Lipinski definition) is 1. The Labute approximate surface area is 156 Å². The summed E-state index contributed by atoms with van der Waals surface area (Å²) < 4.78 is 18.7. The zero-order valence-electron chi connectivity index (χ0n) is 14.2. The van der Waals surface area contributed by atoms with Crippen LogP contribution >= 0.6 is 11.6 Å². The van der Waals surface area contributed by atoms with Crippen molar-refractivity contribution < 1.29 is 13.6 Å². The number of nitrogens with zero attached hydrogens (tertiary/aromatic N) is 1. The molecule has 0 saturated carbocycles. The highest BCUT2D eigenvalue weighted by Crippen LogP contribution is 2.18. The third kappa shape index (κ3) is 4.86. The Morgan fingerprint density at radius 2 is 1.88 bits per heavy atom. The highest BCUT2D eigenvalue weighted by Gasteiger charge is 2.17. The van der Waals surface area contributed by atoms with Gasteiger partial charge in [0.15, 0.2) is 0 Å². The Bertz CT molecular complexity index is 893. The molecule has 3 aromatic rings. The van der Waals surface area contributed by atoms with Crippen LogP contribution in [0.5, 0.6) is 0 Å². The number of hydrogen-bond acceptors (Lipinski definition) is 2. The number of nitrogens with one attached hydrogen (secondary N) is 1. The molecule has 0 atom stereocenters. The Morgan fingerprint density at radius 1 is 1.12 bits per heavy atom. The molecule has 0 radical (unpaired) electrons. The first kappa shape index (κ1) is 18.0. The van der Waals surface area contributed by atoms with Crippen molar-refractivity contribution in [2.24, 2.45) is 0 Å². The summed E-state index contributed by atoms with van der Waals surface area (Å²) in [6.07, 6.45) is 0. The number of rotatable bonds is 5. The van der Waals surface area contributed by atoms with E-state index in [-0.39, 0.29) is 18.4 Å². The van der Waals surface area contributed by atoms with Gasteiger partial charge in [-0.2, -0.15) is 0 Å². The van der Waals surface area contributed by atoms with Crippen molar-refractivity contribution in [1.82, 2.24) is 4.90 Å². The quantitative estimate of drug-likeness (QED) is 0.632. The average molecular weight is 373 g/mol. The van der Waals surface area contributed by atoms with E-state index < -0.39 is 0 Å². The van der Waals surface area contributed by atoms with Crippen LogP contribution in [0.15, 0.2) is 65.1 Å². The summed E-state index contributed by atoms with van der Waals surface area (Å²) in [6.45, 7) is 2.45. The second-order valence-corrected chi connectivity index (χ2v) is 6.37. The van der Waals surface area contributed by atoms with Crippen LogP contribution in [0.4, 0.5) is 14.9 Å². The number of furan rings is 1. The van der Waals surface area contributed by atoms with Gasteiger partial charge >= 0.3 is 6.03 Å². The number of urea groups is 1. The van der Waals surface area contributed by atoms with Crippen molar-refractivity contribution in [3.63, 3.8) is 0 Å². The number of carbonyl (C=O) groups is 1. The molecule has 0 aliphatic rings. The predicted octanol–water partition coefficient (Wildman–Crippen LogP) is 5.61. The highest BCUT2D eigenvalue weighted by molar-refractivity contribution is 6.30. The minimum absolute atomic E-state index is 0.289. The molecule has 6 heteroatoms. The zero-order chi connectivity index (χ0) is 18.5. The summed E-state index contributed by atoms with van der Waals surface area (Å²) in [5, 5.41) is 3.36. The van der Waals surface area contributed by atoms with E-state index in [0.717, 1.165) is 11.3 Å². The third-order valence-electron chi connectivity index (χ3n) is 3.79. The normalized spacial score (nSPS) is 10.6. The Balaban J connectivity index is 1.78. The summed E-state index contributed by atoms with van der Waals surface area (Å²) >= 11 is 5.97. The second kappa shape index (κ2) is 8.06. The summed E-state index contributed by atoms with van der Waals surface area (Å²) in [5.41, 5.74) is 1.41. The second-order valence-electron chi connectivity index (χ2n) is 5.94. The van der Waals surface area contributed by atoms with Gasteiger partial charge in [-0.3, -0.25) is 0 Å². The van der Waals surface area contributed by atoms with Crippen LogP contribution in [0, 0.1) is 12.7 Å². The van der Waals surface area contributed by atoms with Crippen LogP contribution in [-0.2, 0) is 13.1 Å². The van der Waals surface area contributed by atoms with E-state index in [1.807, 2.05) is 19.1 Å². The van der Waals surface area contributed by atoms with Crippen molar-refractivity contribution >= 4 is 23.3 Å². The molecule has 4 nitrogen and oxygen atoms in total. The molecule has 1 aromatic heterocycles. The molecule has 134 valence electrons. The van der Waals surface area contributed by atoms with Crippen LogP contribution in [-0.4, -0.2) is 10.9 Å². The molecule has 1 heterocycles. The number of aryl methyl sites for hydroxylation is 1. The fourth-order valence-corrected chi connectivity index (χ4v) is 2.73. The van der Waals surface area contributed by atoms with E-state index in [9.17, 15) is 9.18 Å². The van der Waals surface area contributed by atoms with E-state index in [1.165, 1.54) is 12.1 Å². The highest BCUT2D eigenvalue weighted by atomic mass is 35.5. The summed E-state index contributed by atoms with van der Waals surface area (Å²) in [7, 11) is 0. The number of carbonyl (C=O) groups excluding carboxylic acids is 1. The fraction of sp³-hybridized carbons (Fsp3) is 0.150. The molecule has 3 rings (SSSR count). The van der Waals surface area contributed by atoms with Gasteiger partial charge in [0, 0.05) is 17.3 Å². The summed E-state index contributed by atoms with van der Waals surface area (Å²) in [6, 6.07) is 16.4. The lowest BCUT2D eigenvalue weighted by Gasteiger charge is -2.22. The van der Waals surface area contributed by atoms with Gasteiger partial charge in [-0.05, 0) is 55.0 Å². The van der Waals surface area contributed by atoms with Gasteiger partial charge in [-0.15, -0.1) is 0 Å². The van der Waals surface area contributed by atoms with Crippen molar-refractivity contribution in [1.29, 1.82) is 0 Å². The lowest BCUT2D eigenvalue weighted by atomic mass is 10.2. The van der Waals surface area contributed by atoms with Gasteiger partial charge in [0.05, 0.1) is 6.54 Å². The molecule has 0 aliphatic carbocycles. The minimum atomic E-state index is -0.315. The smallest absolute Gasteiger partial charge is 0.322 e. The summed E-state index contributed by atoms with van der Waals surface area (Å²) in [5.74, 6) is 1.13. The third-order valence-corrected chi connectivity index (χ3v) is 4.03. The monoisotopic (exact) mass is 372 g/mol. The van der Waals surface area contributed by atoms with Crippen molar-refractivity contribution in [3.05, 3.63) is 88.6 Å². The van der Waals surface area contributed by atoms with Crippen molar-refractivity contribution in [2.75, 3.05) is 5.32 Å². The Hall–Kier alpha value is -2.79. The largest absolute Gasteiger partial charge is 0.464 e. The van der Waals surface area contributed by atoms with E-state index in [0.29, 0.717) is 23.0 Å². The average Bonchev–Trinajstić information content (AvgIpc) is 3.01. The standard InChI is InChI=1S/C20H18ClFN2O2/c1-14-5-10-19(26-14)13-24(12-15-6-8-17(22)9-7-15)20(25)23-18-4-2-3-16(21)11-18/h2-11H,12-13H2,1H3,(H,23,25). The molecule has 0 fully saturated rings. The fourth-order valence-electron chi connectivity index (χ4n) is 2.54. The molecule has 0 aliphatic heterocycles. The first-order chi connectivity index (χ1) is 12.5. The van der Waals surface area contributed by atoms with Gasteiger partial charge in [0.25, 0.3) is 0 Å². The van der Waals surface area contributed by atoms with Crippen molar-refractivity contribution in [3.8, 4) is 0 Å². The van der Waals surface area contributed by atoms with Crippen LogP contribution in [0.2, 0.25) is 5.02 Å². The maximum Gasteiger partial charge on any atom is 0.322 e. The number of anilines is 1. The molecule has 0 unspecified atom stereocenters. The van der Waals surface area contributed by atoms with Gasteiger partial charge in [0.1, 0.15) is 17.3 Å². The maximum absolute atomic E-state index is 13.1. The molecule has 0 spiro atoms. The van der Waals surface area contributed by atoms with Crippen LogP contribution in [0.1, 0.15) is 17.1 Å². The van der Waals surface area contributed by atoms with E-state index in [1.54, 1.807) is 41.3 Å². The van der Waals surface area contributed by atoms with Gasteiger partial charge in [-0.1, -0.05) is 29.8 Å². The van der Waals surface area contributed by atoms with E-state index >= 15 is 0 Å². The van der Waals surface area contributed by atoms with Crippen LogP contribution < -0.4 is 5.32 Å². The first-order valence-corrected chi connectivity index (χ1v) is 8.48. The van der Waals surface area contributed by atoms with Crippen LogP contribution in [0.3, 0.4) is 0 Å². The van der Waals surface area contributed by atoms with Gasteiger partial charge in [0.2, 0.25) is 0 Å². The van der Waals surface area contributed by atoms with Crippen LogP contribution in [0.25, 0.3) is 0 Å². The molecule has 26 heavy (non-hydrogen) atoms. The molecule has 1 N–H and O–H groups in total.